The van der Waals surface area contributed by atoms with E-state index in [9.17, 15) is 26.7 Å². The van der Waals surface area contributed by atoms with Gasteiger partial charge < -0.3 is 15.8 Å². The fourth-order valence-corrected chi connectivity index (χ4v) is 2.43. The van der Waals surface area contributed by atoms with Gasteiger partial charge in [-0.15, -0.1) is 0 Å². The average Bonchev–Trinajstić information content (AvgIpc) is 2.64. The highest BCUT2D eigenvalue weighted by atomic mass is 35.5. The van der Waals surface area contributed by atoms with Crippen molar-refractivity contribution in [1.82, 2.24) is 4.98 Å². The second-order valence-corrected chi connectivity index (χ2v) is 6.00. The van der Waals surface area contributed by atoms with Crippen molar-refractivity contribution >= 4 is 29.2 Å². The predicted octanol–water partition coefficient (Wildman–Crippen LogP) is 3.79. The SMILES string of the molecule is CN=C(N)OCCc1cc(NC(=O)c2ncc(C(F)(F)F)cc2Cl)cc(F)c1F. The Balaban J connectivity index is 2.20. The Morgan fingerprint density at radius 3 is 2.59 bits per heavy atom. The summed E-state index contributed by atoms with van der Waals surface area (Å²) in [4.78, 5) is 19.2. The van der Waals surface area contributed by atoms with Crippen LogP contribution >= 0.6 is 11.6 Å². The maximum Gasteiger partial charge on any atom is 0.417 e. The molecule has 156 valence electrons. The first-order valence-electron chi connectivity index (χ1n) is 7.90. The number of aliphatic imine (C=N–C) groups is 1. The molecule has 0 bridgehead atoms. The van der Waals surface area contributed by atoms with Gasteiger partial charge in [0, 0.05) is 31.4 Å². The molecule has 0 aliphatic carbocycles. The number of nitrogens with zero attached hydrogens (tertiary/aromatic N) is 2. The van der Waals surface area contributed by atoms with Crippen molar-refractivity contribution in [2.75, 3.05) is 19.0 Å². The number of benzene rings is 1. The fourth-order valence-electron chi connectivity index (χ4n) is 2.18. The number of rotatable bonds is 5. The third kappa shape index (κ3) is 5.76. The molecular weight excluding hydrogens is 423 g/mol. The molecule has 1 heterocycles. The molecule has 0 spiro atoms. The molecule has 0 atom stereocenters. The summed E-state index contributed by atoms with van der Waals surface area (Å²) in [7, 11) is 1.38. The van der Waals surface area contributed by atoms with E-state index in [-0.39, 0.29) is 30.3 Å². The number of alkyl halides is 3. The highest BCUT2D eigenvalue weighted by Crippen LogP contribution is 2.31. The molecule has 1 aromatic heterocycles. The number of carbonyl (C=O) groups is 1. The summed E-state index contributed by atoms with van der Waals surface area (Å²) in [6, 6.07) is 2.24. The predicted molar refractivity (Wildman–Crippen MR) is 95.8 cm³/mol. The first-order chi connectivity index (χ1) is 13.5. The van der Waals surface area contributed by atoms with Crippen LogP contribution in [0.5, 0.6) is 0 Å². The van der Waals surface area contributed by atoms with Crippen molar-refractivity contribution in [3.63, 3.8) is 0 Å². The molecule has 2 aromatic rings. The van der Waals surface area contributed by atoms with E-state index in [4.69, 9.17) is 22.1 Å². The van der Waals surface area contributed by atoms with Gasteiger partial charge in [0.05, 0.1) is 17.2 Å². The second-order valence-electron chi connectivity index (χ2n) is 5.60. The Kier molecular flexibility index (Phi) is 6.96. The van der Waals surface area contributed by atoms with Crippen LogP contribution in [0, 0.1) is 11.6 Å². The number of amides is 1. The lowest BCUT2D eigenvalue weighted by atomic mass is 10.1. The molecule has 0 aliphatic rings. The number of nitrogens with one attached hydrogen (secondary N) is 1. The van der Waals surface area contributed by atoms with Gasteiger partial charge in [-0.05, 0) is 17.7 Å². The number of amidine groups is 1. The first-order valence-corrected chi connectivity index (χ1v) is 8.27. The van der Waals surface area contributed by atoms with Crippen molar-refractivity contribution in [3.8, 4) is 0 Å². The summed E-state index contributed by atoms with van der Waals surface area (Å²) in [6.07, 6.45) is -4.34. The summed E-state index contributed by atoms with van der Waals surface area (Å²) in [5.74, 6) is -3.40. The Morgan fingerprint density at radius 2 is 2.00 bits per heavy atom. The van der Waals surface area contributed by atoms with Crippen LogP contribution in [0.2, 0.25) is 5.02 Å². The van der Waals surface area contributed by atoms with Gasteiger partial charge in [0.1, 0.15) is 5.69 Å². The summed E-state index contributed by atoms with van der Waals surface area (Å²) < 4.78 is 70.7. The Labute approximate surface area is 166 Å². The molecule has 0 radical (unpaired) electrons. The van der Waals surface area contributed by atoms with Crippen molar-refractivity contribution < 1.29 is 31.5 Å². The Bertz CT molecular complexity index is 950. The quantitative estimate of drug-likeness (QED) is 0.424. The smallest absolute Gasteiger partial charge is 0.417 e. The van der Waals surface area contributed by atoms with Crippen LogP contribution < -0.4 is 11.1 Å². The van der Waals surface area contributed by atoms with E-state index in [0.29, 0.717) is 18.3 Å². The molecule has 3 N–H and O–H groups in total. The zero-order chi connectivity index (χ0) is 21.8. The lowest BCUT2D eigenvalue weighted by Crippen LogP contribution is -2.18. The molecule has 29 heavy (non-hydrogen) atoms. The van der Waals surface area contributed by atoms with Gasteiger partial charge in [-0.2, -0.15) is 13.2 Å². The summed E-state index contributed by atoms with van der Waals surface area (Å²) in [6.45, 7) is -0.108. The minimum atomic E-state index is -4.69. The van der Waals surface area contributed by atoms with E-state index in [1.54, 1.807) is 0 Å². The van der Waals surface area contributed by atoms with E-state index in [1.165, 1.54) is 7.05 Å². The van der Waals surface area contributed by atoms with Gasteiger partial charge in [0.2, 0.25) is 0 Å². The molecule has 2 rings (SSSR count). The number of anilines is 1. The minimum Gasteiger partial charge on any atom is -0.465 e. The number of pyridine rings is 1. The number of carbonyl (C=O) groups excluding carboxylic acids is 1. The fraction of sp³-hybridized carbons (Fsp3) is 0.235. The van der Waals surface area contributed by atoms with Gasteiger partial charge in [-0.1, -0.05) is 11.6 Å². The zero-order valence-electron chi connectivity index (χ0n) is 14.8. The lowest BCUT2D eigenvalue weighted by molar-refractivity contribution is -0.137. The molecule has 1 amide bonds. The molecule has 0 unspecified atom stereocenters. The van der Waals surface area contributed by atoms with Crippen LogP contribution in [0.3, 0.4) is 0 Å². The minimum absolute atomic E-state index is 0.0953. The summed E-state index contributed by atoms with van der Waals surface area (Å²) in [5.41, 5.74) is 3.40. The third-order valence-electron chi connectivity index (χ3n) is 3.59. The van der Waals surface area contributed by atoms with Crippen LogP contribution in [0.15, 0.2) is 29.4 Å². The number of halogens is 6. The van der Waals surface area contributed by atoms with E-state index in [0.717, 1.165) is 6.07 Å². The standard InChI is InChI=1S/C17H14ClF5N4O2/c1-25-16(24)29-3-2-8-4-10(6-12(19)13(8)20)27-15(28)14-11(18)5-9(7-26-14)17(21,22)23/h4-7H,2-3H2,1H3,(H2,24,25)(H,27,28). The molecule has 6 nitrogen and oxygen atoms in total. The van der Waals surface area contributed by atoms with Crippen molar-refractivity contribution in [1.29, 1.82) is 0 Å². The number of hydrogen-bond acceptors (Lipinski definition) is 4. The summed E-state index contributed by atoms with van der Waals surface area (Å²) >= 11 is 5.70. The Hall–Kier alpha value is -2.95. The molecule has 0 saturated carbocycles. The molecule has 0 aliphatic heterocycles. The molecule has 0 fully saturated rings. The highest BCUT2D eigenvalue weighted by Gasteiger charge is 2.32. The molecule has 1 aromatic carbocycles. The Morgan fingerprint density at radius 1 is 1.31 bits per heavy atom. The van der Waals surface area contributed by atoms with Crippen LogP contribution in [0.1, 0.15) is 21.6 Å². The van der Waals surface area contributed by atoms with Gasteiger partial charge in [0.25, 0.3) is 11.9 Å². The van der Waals surface area contributed by atoms with Gasteiger partial charge in [-0.25, -0.2) is 18.8 Å². The van der Waals surface area contributed by atoms with E-state index in [1.807, 2.05) is 0 Å². The van der Waals surface area contributed by atoms with Crippen LogP contribution in [0.4, 0.5) is 27.6 Å². The maximum absolute atomic E-state index is 13.9. The largest absolute Gasteiger partial charge is 0.465 e. The first kappa shape index (κ1) is 22.3. The number of ether oxygens (including phenoxy) is 1. The summed E-state index contributed by atoms with van der Waals surface area (Å²) in [5, 5.41) is 1.66. The topological polar surface area (TPSA) is 89.6 Å². The number of aromatic nitrogens is 1. The van der Waals surface area contributed by atoms with Crippen LogP contribution in [-0.4, -0.2) is 30.6 Å². The van der Waals surface area contributed by atoms with Crippen molar-refractivity contribution in [2.45, 2.75) is 12.6 Å². The van der Waals surface area contributed by atoms with Gasteiger partial charge >= 0.3 is 6.18 Å². The van der Waals surface area contributed by atoms with Gasteiger partial charge in [-0.3, -0.25) is 4.79 Å². The molecule has 0 saturated heterocycles. The van der Waals surface area contributed by atoms with E-state index < -0.39 is 40.0 Å². The maximum atomic E-state index is 13.9. The number of hydrogen-bond donors (Lipinski definition) is 2. The average molecular weight is 437 g/mol. The highest BCUT2D eigenvalue weighted by molar-refractivity contribution is 6.34. The lowest BCUT2D eigenvalue weighted by Gasteiger charge is -2.11. The van der Waals surface area contributed by atoms with Gasteiger partial charge in [0.15, 0.2) is 11.6 Å². The van der Waals surface area contributed by atoms with Crippen LogP contribution in [0.25, 0.3) is 0 Å². The van der Waals surface area contributed by atoms with Crippen molar-refractivity contribution in [2.24, 2.45) is 10.7 Å². The van der Waals surface area contributed by atoms with Crippen LogP contribution in [-0.2, 0) is 17.3 Å². The third-order valence-corrected chi connectivity index (χ3v) is 3.87. The second kappa shape index (κ2) is 9.03. The monoisotopic (exact) mass is 436 g/mol. The molecular formula is C17H14ClF5N4O2. The zero-order valence-corrected chi connectivity index (χ0v) is 15.5. The van der Waals surface area contributed by atoms with Crippen molar-refractivity contribution in [3.05, 3.63) is 57.9 Å². The normalized spacial score (nSPS) is 12.0. The van der Waals surface area contributed by atoms with E-state index in [2.05, 4.69) is 15.3 Å². The number of nitrogens with two attached hydrogens (primary N) is 1. The molecule has 12 heteroatoms. The van der Waals surface area contributed by atoms with E-state index >= 15 is 0 Å².